The van der Waals surface area contributed by atoms with Gasteiger partial charge in [0.2, 0.25) is 11.8 Å². The summed E-state index contributed by atoms with van der Waals surface area (Å²) in [6.45, 7) is 3.43. The van der Waals surface area contributed by atoms with Crippen LogP contribution >= 0.6 is 11.3 Å². The third-order valence-electron chi connectivity index (χ3n) is 2.87. The summed E-state index contributed by atoms with van der Waals surface area (Å²) in [5.41, 5.74) is 0.390. The molecule has 1 atom stereocenters. The maximum atomic E-state index is 11.7. The first-order valence-electron chi connectivity index (χ1n) is 5.75. The summed E-state index contributed by atoms with van der Waals surface area (Å²) in [5.74, 6) is -1.83. The van der Waals surface area contributed by atoms with E-state index in [9.17, 15) is 14.4 Å². The van der Waals surface area contributed by atoms with Gasteiger partial charge in [0.15, 0.2) is 5.13 Å². The van der Waals surface area contributed by atoms with Crippen molar-refractivity contribution in [3.05, 3.63) is 10.6 Å². The van der Waals surface area contributed by atoms with Crippen LogP contribution in [0.3, 0.4) is 0 Å². The van der Waals surface area contributed by atoms with E-state index in [4.69, 9.17) is 5.11 Å². The molecule has 0 saturated carbocycles. The van der Waals surface area contributed by atoms with Crippen LogP contribution in [-0.4, -0.2) is 40.5 Å². The van der Waals surface area contributed by atoms with Crippen molar-refractivity contribution >= 4 is 34.3 Å². The minimum atomic E-state index is -1.05. The van der Waals surface area contributed by atoms with Crippen molar-refractivity contribution in [2.75, 3.05) is 11.4 Å². The SMILES string of the molecule is CCC1C(=O)NC(=O)CN1c1nc(C)c(C(=O)O)s1. The Morgan fingerprint density at radius 2 is 2.26 bits per heavy atom. The molecule has 1 saturated heterocycles. The lowest BCUT2D eigenvalue weighted by Gasteiger charge is -2.32. The minimum Gasteiger partial charge on any atom is -0.477 e. The van der Waals surface area contributed by atoms with Gasteiger partial charge in [-0.05, 0) is 13.3 Å². The zero-order valence-electron chi connectivity index (χ0n) is 10.5. The highest BCUT2D eigenvalue weighted by Gasteiger charge is 2.34. The highest BCUT2D eigenvalue weighted by Crippen LogP contribution is 2.29. The van der Waals surface area contributed by atoms with Crippen molar-refractivity contribution in [3.63, 3.8) is 0 Å². The summed E-state index contributed by atoms with van der Waals surface area (Å²) >= 11 is 0.980. The molecule has 1 unspecified atom stereocenters. The number of hydrogen-bond donors (Lipinski definition) is 2. The summed E-state index contributed by atoms with van der Waals surface area (Å²) < 4.78 is 0. The van der Waals surface area contributed by atoms with Crippen LogP contribution < -0.4 is 10.2 Å². The van der Waals surface area contributed by atoms with E-state index in [0.29, 0.717) is 17.2 Å². The fourth-order valence-corrected chi connectivity index (χ4v) is 2.93. The number of thiazole rings is 1. The predicted molar refractivity (Wildman–Crippen MR) is 68.4 cm³/mol. The average molecular weight is 283 g/mol. The van der Waals surface area contributed by atoms with Crippen LogP contribution in [0.2, 0.25) is 0 Å². The van der Waals surface area contributed by atoms with Gasteiger partial charge in [0.25, 0.3) is 0 Å². The number of carbonyl (C=O) groups is 3. The Labute approximate surface area is 113 Å². The maximum Gasteiger partial charge on any atom is 0.347 e. The molecule has 2 heterocycles. The van der Waals surface area contributed by atoms with Gasteiger partial charge in [-0.15, -0.1) is 0 Å². The van der Waals surface area contributed by atoms with E-state index in [1.807, 2.05) is 6.92 Å². The summed E-state index contributed by atoms with van der Waals surface area (Å²) in [7, 11) is 0. The highest BCUT2D eigenvalue weighted by molar-refractivity contribution is 7.17. The number of carbonyl (C=O) groups excluding carboxylic acids is 2. The number of nitrogens with one attached hydrogen (secondary N) is 1. The fourth-order valence-electron chi connectivity index (χ4n) is 1.98. The molecule has 0 spiro atoms. The number of carboxylic acids is 1. The first-order valence-corrected chi connectivity index (χ1v) is 6.56. The first-order chi connectivity index (χ1) is 8.93. The van der Waals surface area contributed by atoms with Crippen LogP contribution in [0, 0.1) is 6.92 Å². The molecule has 0 aromatic carbocycles. The molecule has 2 amide bonds. The number of aromatic carboxylic acids is 1. The lowest BCUT2D eigenvalue weighted by atomic mass is 10.1. The summed E-state index contributed by atoms with van der Waals surface area (Å²) in [6, 6.07) is -0.495. The molecule has 0 radical (unpaired) electrons. The van der Waals surface area contributed by atoms with E-state index < -0.39 is 17.9 Å². The van der Waals surface area contributed by atoms with Gasteiger partial charge in [0, 0.05) is 0 Å². The second kappa shape index (κ2) is 4.96. The molecule has 102 valence electrons. The van der Waals surface area contributed by atoms with Crippen molar-refractivity contribution in [2.45, 2.75) is 26.3 Å². The Hall–Kier alpha value is -1.96. The molecule has 2 rings (SSSR count). The number of rotatable bonds is 3. The Balaban J connectivity index is 2.38. The van der Waals surface area contributed by atoms with Crippen LogP contribution in [0.5, 0.6) is 0 Å². The molecule has 1 aromatic rings. The molecule has 7 nitrogen and oxygen atoms in total. The molecule has 1 aromatic heterocycles. The van der Waals surface area contributed by atoms with Crippen molar-refractivity contribution in [1.82, 2.24) is 10.3 Å². The Bertz CT molecular complexity index is 554. The summed E-state index contributed by atoms with van der Waals surface area (Å²) in [5, 5.41) is 11.7. The van der Waals surface area contributed by atoms with Crippen LogP contribution in [0.1, 0.15) is 28.7 Å². The zero-order chi connectivity index (χ0) is 14.2. The van der Waals surface area contributed by atoms with E-state index in [-0.39, 0.29) is 17.3 Å². The van der Waals surface area contributed by atoms with Gasteiger partial charge in [0.05, 0.1) is 5.69 Å². The third kappa shape index (κ3) is 2.43. The summed E-state index contributed by atoms with van der Waals surface area (Å²) in [6.07, 6.45) is 0.514. The van der Waals surface area contributed by atoms with E-state index in [1.165, 1.54) is 0 Å². The van der Waals surface area contributed by atoms with Gasteiger partial charge in [-0.3, -0.25) is 14.9 Å². The van der Waals surface area contributed by atoms with Gasteiger partial charge in [-0.2, -0.15) is 0 Å². The van der Waals surface area contributed by atoms with Gasteiger partial charge in [-0.25, -0.2) is 9.78 Å². The van der Waals surface area contributed by atoms with Gasteiger partial charge < -0.3 is 10.0 Å². The minimum absolute atomic E-state index is 0.0102. The molecule has 1 aliphatic rings. The monoisotopic (exact) mass is 283 g/mol. The molecule has 19 heavy (non-hydrogen) atoms. The number of carboxylic acid groups (broad SMARTS) is 1. The van der Waals surface area contributed by atoms with Crippen LogP contribution in [0.4, 0.5) is 5.13 Å². The van der Waals surface area contributed by atoms with Crippen molar-refractivity contribution in [3.8, 4) is 0 Å². The van der Waals surface area contributed by atoms with Crippen LogP contribution in [0.25, 0.3) is 0 Å². The number of anilines is 1. The number of aryl methyl sites for hydroxylation is 1. The Morgan fingerprint density at radius 1 is 1.58 bits per heavy atom. The topological polar surface area (TPSA) is 99.6 Å². The number of hydrogen-bond acceptors (Lipinski definition) is 6. The maximum absolute atomic E-state index is 11.7. The van der Waals surface area contributed by atoms with E-state index in [0.717, 1.165) is 11.3 Å². The molecular weight excluding hydrogens is 270 g/mol. The molecule has 1 aliphatic heterocycles. The van der Waals surface area contributed by atoms with E-state index >= 15 is 0 Å². The van der Waals surface area contributed by atoms with Crippen LogP contribution in [-0.2, 0) is 9.59 Å². The van der Waals surface area contributed by atoms with Crippen molar-refractivity contribution in [1.29, 1.82) is 0 Å². The Morgan fingerprint density at radius 3 is 2.79 bits per heavy atom. The number of imide groups is 1. The highest BCUT2D eigenvalue weighted by atomic mass is 32.1. The third-order valence-corrected chi connectivity index (χ3v) is 4.05. The second-order valence-corrected chi connectivity index (χ2v) is 5.16. The predicted octanol–water partition coefficient (Wildman–Crippen LogP) is 0.391. The van der Waals surface area contributed by atoms with Crippen molar-refractivity contribution in [2.24, 2.45) is 0 Å². The average Bonchev–Trinajstić information content (AvgIpc) is 2.70. The molecule has 8 heteroatoms. The molecular formula is C11H13N3O4S. The van der Waals surface area contributed by atoms with Gasteiger partial charge >= 0.3 is 5.97 Å². The van der Waals surface area contributed by atoms with Gasteiger partial charge in [0.1, 0.15) is 17.5 Å². The van der Waals surface area contributed by atoms with Crippen LogP contribution in [0.15, 0.2) is 0 Å². The lowest BCUT2D eigenvalue weighted by molar-refractivity contribution is -0.132. The number of nitrogens with zero attached hydrogens (tertiary/aromatic N) is 2. The number of aromatic nitrogens is 1. The zero-order valence-corrected chi connectivity index (χ0v) is 11.3. The fraction of sp³-hybridized carbons (Fsp3) is 0.455. The first kappa shape index (κ1) is 13.5. The standard InChI is InChI=1S/C11H13N3O4S/c1-3-6-9(16)13-7(15)4-14(6)11-12-5(2)8(19-11)10(17)18/h6H,3-4H2,1-2H3,(H,17,18)(H,13,15,16). The van der Waals surface area contributed by atoms with E-state index in [1.54, 1.807) is 11.8 Å². The molecule has 0 bridgehead atoms. The number of amides is 2. The largest absolute Gasteiger partial charge is 0.477 e. The number of piperazine rings is 1. The lowest BCUT2D eigenvalue weighted by Crippen LogP contribution is -2.58. The normalized spacial score (nSPS) is 19.5. The molecule has 1 fully saturated rings. The van der Waals surface area contributed by atoms with Gasteiger partial charge in [-0.1, -0.05) is 18.3 Å². The molecule has 2 N–H and O–H groups in total. The smallest absolute Gasteiger partial charge is 0.347 e. The molecule has 0 aliphatic carbocycles. The quantitative estimate of drug-likeness (QED) is 0.778. The van der Waals surface area contributed by atoms with E-state index in [2.05, 4.69) is 10.3 Å². The van der Waals surface area contributed by atoms with Crippen molar-refractivity contribution < 1.29 is 19.5 Å². The Kier molecular flexibility index (Phi) is 3.52. The summed E-state index contributed by atoms with van der Waals surface area (Å²) in [4.78, 5) is 40.0. The second-order valence-electron chi connectivity index (χ2n) is 4.18.